The third-order valence-electron chi connectivity index (χ3n) is 5.16. The molecule has 0 fully saturated rings. The Morgan fingerprint density at radius 3 is 1.93 bits per heavy atom. The van der Waals surface area contributed by atoms with Crippen LogP contribution in [-0.2, 0) is 0 Å². The van der Waals surface area contributed by atoms with Gasteiger partial charge >= 0.3 is 0 Å². The third kappa shape index (κ3) is 3.44. The van der Waals surface area contributed by atoms with Gasteiger partial charge in [0.1, 0.15) is 5.76 Å². The molecule has 0 heterocycles. The van der Waals surface area contributed by atoms with E-state index in [1.54, 1.807) is 54.6 Å². The summed E-state index contributed by atoms with van der Waals surface area (Å²) in [4.78, 5) is 28.6. The van der Waals surface area contributed by atoms with Crippen molar-refractivity contribution >= 4 is 29.1 Å². The Morgan fingerprint density at radius 2 is 1.33 bits per heavy atom. The second-order valence-electron chi connectivity index (χ2n) is 7.34. The summed E-state index contributed by atoms with van der Waals surface area (Å²) in [7, 11) is 3.90. The molecule has 0 amide bonds. The predicted molar refractivity (Wildman–Crippen MR) is 120 cm³/mol. The number of benzene rings is 3. The molecule has 3 aromatic rings. The number of hydrogen-bond acceptors (Lipinski definition) is 4. The van der Waals surface area contributed by atoms with E-state index < -0.39 is 0 Å². The predicted octanol–water partition coefficient (Wildman–Crippen LogP) is 5.18. The molecule has 0 radical (unpaired) electrons. The molecule has 4 nitrogen and oxygen atoms in total. The van der Waals surface area contributed by atoms with Gasteiger partial charge in [-0.1, -0.05) is 66.7 Å². The lowest BCUT2D eigenvalue weighted by molar-refractivity contribution is 0.0972. The lowest BCUT2D eigenvalue weighted by atomic mass is 9.80. The van der Waals surface area contributed by atoms with Gasteiger partial charge in [-0.05, 0) is 23.8 Å². The van der Waals surface area contributed by atoms with E-state index in [-0.39, 0.29) is 28.5 Å². The number of Topliss-reactive ketones (excluding diaryl/α,β-unsaturated/α-hetero) is 2. The highest BCUT2D eigenvalue weighted by molar-refractivity contribution is 6.34. The number of rotatable bonds is 3. The summed E-state index contributed by atoms with van der Waals surface area (Å²) in [6.07, 6.45) is 1.67. The highest BCUT2D eigenvalue weighted by atomic mass is 16.3. The van der Waals surface area contributed by atoms with Gasteiger partial charge in [-0.25, -0.2) is 0 Å². The van der Waals surface area contributed by atoms with Crippen LogP contribution >= 0.6 is 0 Å². The SMILES string of the molecule is CN(C)c1ccc(/C=C2\C(=O)c3ccccc3C(=O)C2=C(O)c2ccccc2)cc1. The monoisotopic (exact) mass is 395 g/mol. The number of anilines is 1. The molecular formula is C26H21NO3. The number of aliphatic hydroxyl groups is 1. The minimum absolute atomic E-state index is 0.0292. The average molecular weight is 395 g/mol. The summed E-state index contributed by atoms with van der Waals surface area (Å²) in [6.45, 7) is 0. The van der Waals surface area contributed by atoms with E-state index in [1.165, 1.54) is 0 Å². The molecule has 4 heteroatoms. The van der Waals surface area contributed by atoms with Crippen molar-refractivity contribution < 1.29 is 14.7 Å². The van der Waals surface area contributed by atoms with Crippen molar-refractivity contribution in [1.82, 2.24) is 0 Å². The number of ketones is 2. The first-order valence-electron chi connectivity index (χ1n) is 9.64. The van der Waals surface area contributed by atoms with E-state index in [2.05, 4.69) is 0 Å². The minimum atomic E-state index is -0.359. The second kappa shape index (κ2) is 7.84. The summed E-state index contributed by atoms with van der Waals surface area (Å²) < 4.78 is 0. The van der Waals surface area contributed by atoms with Crippen LogP contribution in [0.2, 0.25) is 0 Å². The summed E-state index contributed by atoms with van der Waals surface area (Å²) in [5.74, 6) is -0.832. The van der Waals surface area contributed by atoms with Gasteiger partial charge in [-0.3, -0.25) is 9.59 Å². The van der Waals surface area contributed by atoms with Crippen LogP contribution in [0.1, 0.15) is 31.8 Å². The first-order chi connectivity index (χ1) is 14.5. The standard InChI is InChI=1S/C26H21NO3/c1-27(2)19-14-12-17(13-15-19)16-22-23(24(28)18-8-4-3-5-9-18)26(30)21-11-7-6-10-20(21)25(22)29/h3-16,28H,1-2H3/b22-16-,24-23?. The Labute approximate surface area is 175 Å². The van der Waals surface area contributed by atoms with Crippen LogP contribution in [0.5, 0.6) is 0 Å². The average Bonchev–Trinajstić information content (AvgIpc) is 2.78. The molecular weight excluding hydrogens is 374 g/mol. The molecule has 0 aromatic heterocycles. The Morgan fingerprint density at radius 1 is 0.767 bits per heavy atom. The van der Waals surface area contributed by atoms with Crippen LogP contribution in [-0.4, -0.2) is 30.8 Å². The van der Waals surface area contributed by atoms with Crippen molar-refractivity contribution in [2.24, 2.45) is 0 Å². The molecule has 1 aliphatic carbocycles. The Balaban J connectivity index is 1.93. The molecule has 0 spiro atoms. The van der Waals surface area contributed by atoms with Gasteiger partial charge in [-0.15, -0.1) is 0 Å². The normalized spacial score (nSPS) is 16.4. The Bertz CT molecular complexity index is 1190. The quantitative estimate of drug-likeness (QED) is 0.490. The van der Waals surface area contributed by atoms with Crippen molar-refractivity contribution in [1.29, 1.82) is 0 Å². The number of nitrogens with zero attached hydrogens (tertiary/aromatic N) is 1. The maximum absolute atomic E-state index is 13.3. The van der Waals surface area contributed by atoms with Gasteiger partial charge in [0.2, 0.25) is 0 Å². The number of aliphatic hydroxyl groups excluding tert-OH is 1. The number of hydrogen-bond donors (Lipinski definition) is 1. The highest BCUT2D eigenvalue weighted by Crippen LogP contribution is 2.35. The summed E-state index contributed by atoms with van der Waals surface area (Å²) in [6, 6.07) is 23.2. The zero-order valence-corrected chi connectivity index (χ0v) is 16.8. The van der Waals surface area contributed by atoms with E-state index in [1.807, 2.05) is 49.3 Å². The number of carbonyl (C=O) groups is 2. The van der Waals surface area contributed by atoms with E-state index in [0.717, 1.165) is 11.3 Å². The van der Waals surface area contributed by atoms with Gasteiger partial charge in [0.05, 0.1) is 5.57 Å². The van der Waals surface area contributed by atoms with Gasteiger partial charge in [0, 0.05) is 42.0 Å². The van der Waals surface area contributed by atoms with Crippen LogP contribution in [0.3, 0.4) is 0 Å². The van der Waals surface area contributed by atoms with Crippen molar-refractivity contribution in [2.75, 3.05) is 19.0 Å². The van der Waals surface area contributed by atoms with Crippen LogP contribution in [0.15, 0.2) is 90.0 Å². The van der Waals surface area contributed by atoms with Gasteiger partial charge in [0.15, 0.2) is 11.6 Å². The molecule has 0 unspecified atom stereocenters. The van der Waals surface area contributed by atoms with Crippen LogP contribution < -0.4 is 4.90 Å². The van der Waals surface area contributed by atoms with Crippen LogP contribution in [0.4, 0.5) is 5.69 Å². The summed E-state index contributed by atoms with van der Waals surface area (Å²) >= 11 is 0. The lowest BCUT2D eigenvalue weighted by Gasteiger charge is -2.21. The molecule has 1 aliphatic rings. The minimum Gasteiger partial charge on any atom is -0.507 e. The topological polar surface area (TPSA) is 57.6 Å². The highest BCUT2D eigenvalue weighted by Gasteiger charge is 2.35. The fraction of sp³-hybridized carbons (Fsp3) is 0.0769. The Kier molecular flexibility index (Phi) is 5.07. The first kappa shape index (κ1) is 19.4. The lowest BCUT2D eigenvalue weighted by Crippen LogP contribution is -2.24. The number of carbonyl (C=O) groups excluding carboxylic acids is 2. The Hall–Kier alpha value is -3.92. The maximum Gasteiger partial charge on any atom is 0.198 e. The zero-order valence-electron chi connectivity index (χ0n) is 16.8. The van der Waals surface area contributed by atoms with Crippen LogP contribution in [0, 0.1) is 0 Å². The fourth-order valence-corrected chi connectivity index (χ4v) is 3.54. The molecule has 30 heavy (non-hydrogen) atoms. The molecule has 0 saturated heterocycles. The van der Waals surface area contributed by atoms with E-state index in [0.29, 0.717) is 16.7 Å². The van der Waals surface area contributed by atoms with Crippen molar-refractivity contribution in [3.63, 3.8) is 0 Å². The molecule has 0 atom stereocenters. The van der Waals surface area contributed by atoms with Crippen molar-refractivity contribution in [3.8, 4) is 0 Å². The molecule has 1 N–H and O–H groups in total. The molecule has 0 saturated carbocycles. The molecule has 3 aromatic carbocycles. The molecule has 0 aliphatic heterocycles. The number of fused-ring (bicyclic) bond motifs is 1. The molecule has 0 bridgehead atoms. The van der Waals surface area contributed by atoms with E-state index in [9.17, 15) is 14.7 Å². The second-order valence-corrected chi connectivity index (χ2v) is 7.34. The van der Waals surface area contributed by atoms with Crippen LogP contribution in [0.25, 0.3) is 11.8 Å². The van der Waals surface area contributed by atoms with Crippen molar-refractivity contribution in [3.05, 3.63) is 112 Å². The smallest absolute Gasteiger partial charge is 0.198 e. The number of allylic oxidation sites excluding steroid dienone is 2. The maximum atomic E-state index is 13.3. The van der Waals surface area contributed by atoms with Gasteiger partial charge in [-0.2, -0.15) is 0 Å². The summed E-state index contributed by atoms with van der Waals surface area (Å²) in [5.41, 5.74) is 3.16. The molecule has 4 rings (SSSR count). The third-order valence-corrected chi connectivity index (χ3v) is 5.16. The molecule has 148 valence electrons. The van der Waals surface area contributed by atoms with Gasteiger partial charge < -0.3 is 10.0 Å². The van der Waals surface area contributed by atoms with E-state index in [4.69, 9.17) is 0 Å². The largest absolute Gasteiger partial charge is 0.507 e. The van der Waals surface area contributed by atoms with Crippen molar-refractivity contribution in [2.45, 2.75) is 0 Å². The zero-order chi connectivity index (χ0) is 21.3. The first-order valence-corrected chi connectivity index (χ1v) is 9.64. The summed E-state index contributed by atoms with van der Waals surface area (Å²) in [5, 5.41) is 11.0. The van der Waals surface area contributed by atoms with Gasteiger partial charge in [0.25, 0.3) is 0 Å². The van der Waals surface area contributed by atoms with E-state index >= 15 is 0 Å². The fourth-order valence-electron chi connectivity index (χ4n) is 3.54.